The Kier molecular flexibility index (Phi) is 7.24. The molecule has 0 spiro atoms. The predicted octanol–water partition coefficient (Wildman–Crippen LogP) is 3.84. The van der Waals surface area contributed by atoms with Crippen LogP contribution < -0.4 is 25.4 Å². The van der Waals surface area contributed by atoms with Gasteiger partial charge in [-0.05, 0) is 30.0 Å². The van der Waals surface area contributed by atoms with Crippen LogP contribution >= 0.6 is 11.6 Å². The summed E-state index contributed by atoms with van der Waals surface area (Å²) >= 11 is 6.14. The molecular formula is C27H28ClN5O5. The van der Waals surface area contributed by atoms with Crippen LogP contribution in [0.5, 0.6) is 17.2 Å². The summed E-state index contributed by atoms with van der Waals surface area (Å²) in [5.74, 6) is -0.593. The monoisotopic (exact) mass is 537 g/mol. The number of aromatic nitrogens is 1. The van der Waals surface area contributed by atoms with Gasteiger partial charge in [0.05, 0.1) is 50.2 Å². The number of methoxy groups -OCH3 is 3. The van der Waals surface area contributed by atoms with Crippen LogP contribution in [0.25, 0.3) is 0 Å². The van der Waals surface area contributed by atoms with E-state index in [1.54, 1.807) is 18.2 Å². The predicted molar refractivity (Wildman–Crippen MR) is 139 cm³/mol. The molecule has 4 rings (SSSR count). The molecule has 11 heteroatoms. The Hall–Kier alpha value is -4.23. The van der Waals surface area contributed by atoms with Gasteiger partial charge >= 0.3 is 0 Å². The summed E-state index contributed by atoms with van der Waals surface area (Å²) in [6.07, 6.45) is 2.11. The molecule has 0 saturated heterocycles. The second-order valence-electron chi connectivity index (χ2n) is 9.69. The van der Waals surface area contributed by atoms with Crippen molar-refractivity contribution in [1.29, 1.82) is 5.26 Å². The molecule has 1 aliphatic carbocycles. The van der Waals surface area contributed by atoms with E-state index in [4.69, 9.17) is 31.5 Å². The van der Waals surface area contributed by atoms with E-state index in [1.165, 1.54) is 38.6 Å². The van der Waals surface area contributed by atoms with E-state index < -0.39 is 17.2 Å². The molecule has 1 amide bonds. The quantitative estimate of drug-likeness (QED) is 0.526. The SMILES string of the molecule is COc1ccc(C2C(C#N)=C(N)N(NC(=O)c3cccnc3Cl)C3=C2C(=O)CC(C)(C)C3)c(OC)c1OC. The lowest BCUT2D eigenvalue weighted by Crippen LogP contribution is -2.50. The normalized spacial score (nSPS) is 18.5. The summed E-state index contributed by atoms with van der Waals surface area (Å²) < 4.78 is 16.6. The number of ether oxygens (including phenoxy) is 3. The highest BCUT2D eigenvalue weighted by Gasteiger charge is 2.46. The van der Waals surface area contributed by atoms with Gasteiger partial charge in [0.15, 0.2) is 17.3 Å². The van der Waals surface area contributed by atoms with Gasteiger partial charge in [-0.15, -0.1) is 0 Å². The minimum absolute atomic E-state index is 0.00672. The summed E-state index contributed by atoms with van der Waals surface area (Å²) in [5, 5.41) is 11.6. The van der Waals surface area contributed by atoms with Gasteiger partial charge in [-0.3, -0.25) is 15.0 Å². The first-order chi connectivity index (χ1) is 18.1. The van der Waals surface area contributed by atoms with Crippen LogP contribution in [0.2, 0.25) is 5.15 Å². The molecule has 2 aliphatic rings. The number of benzene rings is 1. The van der Waals surface area contributed by atoms with Crippen molar-refractivity contribution in [1.82, 2.24) is 15.4 Å². The summed E-state index contributed by atoms with van der Waals surface area (Å²) in [4.78, 5) is 30.9. The van der Waals surface area contributed by atoms with Crippen LogP contribution in [0.3, 0.4) is 0 Å². The Morgan fingerprint density at radius 3 is 2.50 bits per heavy atom. The smallest absolute Gasteiger partial charge is 0.273 e. The van der Waals surface area contributed by atoms with E-state index >= 15 is 0 Å². The Morgan fingerprint density at radius 1 is 1.18 bits per heavy atom. The van der Waals surface area contributed by atoms with Gasteiger partial charge in [0.25, 0.3) is 5.91 Å². The third-order valence-corrected chi connectivity index (χ3v) is 6.94. The first-order valence-corrected chi connectivity index (χ1v) is 12.1. The van der Waals surface area contributed by atoms with E-state index in [-0.39, 0.29) is 34.3 Å². The van der Waals surface area contributed by atoms with Gasteiger partial charge < -0.3 is 19.9 Å². The Morgan fingerprint density at radius 2 is 1.89 bits per heavy atom. The zero-order valence-corrected chi connectivity index (χ0v) is 22.5. The maximum Gasteiger partial charge on any atom is 0.273 e. The number of Topliss-reactive ketones (excluding diaryl/α,β-unsaturated/α-hetero) is 1. The summed E-state index contributed by atoms with van der Waals surface area (Å²) in [6, 6.07) is 8.65. The first kappa shape index (κ1) is 26.8. The molecule has 38 heavy (non-hydrogen) atoms. The van der Waals surface area contributed by atoms with Crippen LogP contribution in [0.15, 0.2) is 53.1 Å². The molecule has 1 aromatic carbocycles. The average Bonchev–Trinajstić information content (AvgIpc) is 2.88. The van der Waals surface area contributed by atoms with Crippen molar-refractivity contribution in [3.05, 3.63) is 69.4 Å². The summed E-state index contributed by atoms with van der Waals surface area (Å²) in [6.45, 7) is 3.91. The summed E-state index contributed by atoms with van der Waals surface area (Å²) in [5.41, 5.74) is 10.4. The zero-order chi connectivity index (χ0) is 27.8. The maximum absolute atomic E-state index is 13.7. The lowest BCUT2D eigenvalue weighted by molar-refractivity contribution is -0.118. The van der Waals surface area contributed by atoms with Crippen molar-refractivity contribution in [2.75, 3.05) is 21.3 Å². The minimum Gasteiger partial charge on any atom is -0.493 e. The lowest BCUT2D eigenvalue weighted by atomic mass is 9.69. The van der Waals surface area contributed by atoms with Crippen molar-refractivity contribution < 1.29 is 23.8 Å². The molecule has 0 bridgehead atoms. The minimum atomic E-state index is -0.858. The zero-order valence-electron chi connectivity index (χ0n) is 21.7. The van der Waals surface area contributed by atoms with E-state index in [9.17, 15) is 14.9 Å². The number of hydrogen-bond acceptors (Lipinski definition) is 9. The standard InChI is InChI=1S/C27H28ClN5O5/c1-27(2)11-17-21(18(34)12-27)20(14-8-9-19(36-3)23(38-5)22(14)37-4)16(13-29)25(30)33(17)32-26(35)15-7-6-10-31-24(15)28/h6-10,20H,11-12,30H2,1-5H3,(H,32,35). The number of nitrogens with two attached hydrogens (primary N) is 1. The van der Waals surface area contributed by atoms with E-state index in [1.807, 2.05) is 13.8 Å². The highest BCUT2D eigenvalue weighted by molar-refractivity contribution is 6.32. The molecule has 0 saturated carbocycles. The largest absolute Gasteiger partial charge is 0.493 e. The number of rotatable bonds is 6. The lowest BCUT2D eigenvalue weighted by Gasteiger charge is -2.43. The van der Waals surface area contributed by atoms with Crippen molar-refractivity contribution >= 4 is 23.3 Å². The number of carbonyl (C=O) groups is 2. The molecule has 3 N–H and O–H groups in total. The molecule has 0 fully saturated rings. The van der Waals surface area contributed by atoms with Crippen LogP contribution in [0.1, 0.15) is 48.5 Å². The highest BCUT2D eigenvalue weighted by Crippen LogP contribution is 2.52. The van der Waals surface area contributed by atoms with Crippen LogP contribution in [-0.2, 0) is 4.79 Å². The number of nitrogens with one attached hydrogen (secondary N) is 1. The topological polar surface area (TPSA) is 140 Å². The molecule has 10 nitrogen and oxygen atoms in total. The number of ketones is 1. The number of nitriles is 1. The molecule has 2 heterocycles. The Balaban J connectivity index is 1.94. The molecule has 1 aromatic heterocycles. The molecule has 2 aromatic rings. The van der Waals surface area contributed by atoms with E-state index in [2.05, 4.69) is 16.5 Å². The van der Waals surface area contributed by atoms with Crippen LogP contribution in [-0.4, -0.2) is 43.0 Å². The maximum atomic E-state index is 13.7. The Bertz CT molecular complexity index is 1430. The summed E-state index contributed by atoms with van der Waals surface area (Å²) in [7, 11) is 4.44. The van der Waals surface area contributed by atoms with Gasteiger partial charge in [0.2, 0.25) is 5.75 Å². The number of allylic oxidation sites excluding steroid dienone is 3. The number of hydrazine groups is 1. The molecule has 1 aliphatic heterocycles. The highest BCUT2D eigenvalue weighted by atomic mass is 35.5. The van der Waals surface area contributed by atoms with Gasteiger partial charge in [-0.2, -0.15) is 5.26 Å². The number of nitrogens with zero attached hydrogens (tertiary/aromatic N) is 3. The van der Waals surface area contributed by atoms with Crippen molar-refractivity contribution in [2.24, 2.45) is 11.1 Å². The number of pyridine rings is 1. The fourth-order valence-electron chi connectivity index (χ4n) is 5.02. The third kappa shape index (κ3) is 4.50. The molecular weight excluding hydrogens is 510 g/mol. The molecule has 0 radical (unpaired) electrons. The van der Waals surface area contributed by atoms with Crippen molar-refractivity contribution in [2.45, 2.75) is 32.6 Å². The van der Waals surface area contributed by atoms with Gasteiger partial charge in [-0.25, -0.2) is 9.99 Å². The fourth-order valence-corrected chi connectivity index (χ4v) is 5.22. The number of hydrogen-bond donors (Lipinski definition) is 2. The molecule has 198 valence electrons. The molecule has 1 atom stereocenters. The van der Waals surface area contributed by atoms with E-state index in [0.717, 1.165) is 0 Å². The second-order valence-corrected chi connectivity index (χ2v) is 10.0. The van der Waals surface area contributed by atoms with E-state index in [0.29, 0.717) is 40.5 Å². The first-order valence-electron chi connectivity index (χ1n) is 11.7. The van der Waals surface area contributed by atoms with Crippen LogP contribution in [0, 0.1) is 16.7 Å². The number of carbonyl (C=O) groups excluding carboxylic acids is 2. The number of amides is 1. The van der Waals surface area contributed by atoms with Crippen LogP contribution in [0.4, 0.5) is 0 Å². The van der Waals surface area contributed by atoms with Gasteiger partial charge in [0.1, 0.15) is 11.0 Å². The molecule has 1 unspecified atom stereocenters. The average molecular weight is 538 g/mol. The van der Waals surface area contributed by atoms with Gasteiger partial charge in [0, 0.05) is 23.8 Å². The third-order valence-electron chi connectivity index (χ3n) is 6.64. The van der Waals surface area contributed by atoms with Crippen molar-refractivity contribution in [3.8, 4) is 23.3 Å². The fraction of sp³-hybridized carbons (Fsp3) is 0.333. The van der Waals surface area contributed by atoms with Crippen molar-refractivity contribution in [3.63, 3.8) is 0 Å². The number of halogens is 1. The second kappa shape index (κ2) is 10.3. The Labute approximate surface area is 225 Å². The van der Waals surface area contributed by atoms with Gasteiger partial charge in [-0.1, -0.05) is 31.5 Å².